The van der Waals surface area contributed by atoms with Gasteiger partial charge in [0.1, 0.15) is 0 Å². The SMILES string of the molecule is O=C1CCCc2cc(C(=O)CSc3nnnn3Cc3ccccc3)ccc2N1. The molecule has 0 atom stereocenters. The van der Waals surface area contributed by atoms with Crippen LogP contribution in [0.5, 0.6) is 0 Å². The number of thioether (sulfide) groups is 1. The Labute approximate surface area is 166 Å². The molecule has 3 aromatic rings. The molecule has 1 aromatic heterocycles. The number of anilines is 1. The summed E-state index contributed by atoms with van der Waals surface area (Å²) in [5.41, 5.74) is 3.55. The van der Waals surface area contributed by atoms with E-state index in [-0.39, 0.29) is 17.4 Å². The summed E-state index contributed by atoms with van der Waals surface area (Å²) in [6.45, 7) is 0.558. The first-order valence-electron chi connectivity index (χ1n) is 9.08. The minimum absolute atomic E-state index is 0.0117. The third-order valence-corrected chi connectivity index (χ3v) is 5.51. The molecule has 0 saturated carbocycles. The third-order valence-electron chi connectivity index (χ3n) is 4.56. The summed E-state index contributed by atoms with van der Waals surface area (Å²) in [5.74, 6) is 0.289. The molecule has 7 nitrogen and oxygen atoms in total. The molecule has 0 bridgehead atoms. The molecule has 1 aliphatic rings. The Bertz CT molecular complexity index is 1000. The van der Waals surface area contributed by atoms with Crippen molar-refractivity contribution in [2.24, 2.45) is 0 Å². The maximum absolute atomic E-state index is 12.7. The van der Waals surface area contributed by atoms with Gasteiger partial charge in [-0.05, 0) is 52.6 Å². The van der Waals surface area contributed by atoms with Gasteiger partial charge in [-0.1, -0.05) is 42.1 Å². The Balaban J connectivity index is 1.42. The van der Waals surface area contributed by atoms with Crippen molar-refractivity contribution in [3.63, 3.8) is 0 Å². The predicted molar refractivity (Wildman–Crippen MR) is 106 cm³/mol. The maximum atomic E-state index is 12.7. The minimum Gasteiger partial charge on any atom is -0.326 e. The fourth-order valence-corrected chi connectivity index (χ4v) is 3.89. The molecule has 28 heavy (non-hydrogen) atoms. The number of ketones is 1. The van der Waals surface area contributed by atoms with E-state index in [1.807, 2.05) is 42.5 Å². The molecule has 142 valence electrons. The van der Waals surface area contributed by atoms with Gasteiger partial charge in [-0.15, -0.1) is 5.10 Å². The fourth-order valence-electron chi connectivity index (χ4n) is 3.12. The molecule has 1 amide bonds. The van der Waals surface area contributed by atoms with Gasteiger partial charge in [-0.3, -0.25) is 9.59 Å². The lowest BCUT2D eigenvalue weighted by Gasteiger charge is -2.09. The molecule has 1 N–H and O–H groups in total. The van der Waals surface area contributed by atoms with E-state index in [1.54, 1.807) is 10.7 Å². The van der Waals surface area contributed by atoms with Gasteiger partial charge in [0.05, 0.1) is 12.3 Å². The molecule has 0 aliphatic carbocycles. The molecule has 0 radical (unpaired) electrons. The molecule has 0 fully saturated rings. The number of nitrogens with zero attached hydrogens (tertiary/aromatic N) is 4. The van der Waals surface area contributed by atoms with Crippen molar-refractivity contribution in [3.8, 4) is 0 Å². The highest BCUT2D eigenvalue weighted by atomic mass is 32.2. The van der Waals surface area contributed by atoms with E-state index in [9.17, 15) is 9.59 Å². The second-order valence-electron chi connectivity index (χ2n) is 6.59. The number of hydrogen-bond donors (Lipinski definition) is 1. The van der Waals surface area contributed by atoms with E-state index in [0.29, 0.717) is 23.7 Å². The van der Waals surface area contributed by atoms with Crippen LogP contribution in [-0.2, 0) is 17.8 Å². The molecule has 2 aromatic carbocycles. The van der Waals surface area contributed by atoms with Crippen LogP contribution in [0.15, 0.2) is 53.7 Å². The number of aryl methyl sites for hydroxylation is 1. The summed E-state index contributed by atoms with van der Waals surface area (Å²) in [7, 11) is 0. The Kier molecular flexibility index (Phi) is 5.48. The van der Waals surface area contributed by atoms with Gasteiger partial charge < -0.3 is 5.32 Å². The number of rotatable bonds is 6. The van der Waals surface area contributed by atoms with Crippen molar-refractivity contribution >= 4 is 29.1 Å². The van der Waals surface area contributed by atoms with Crippen LogP contribution in [0.25, 0.3) is 0 Å². The first-order chi connectivity index (χ1) is 13.7. The third kappa shape index (κ3) is 4.28. The second-order valence-corrected chi connectivity index (χ2v) is 7.53. The lowest BCUT2D eigenvalue weighted by atomic mass is 10.0. The molecule has 1 aliphatic heterocycles. The fraction of sp³-hybridized carbons (Fsp3) is 0.250. The normalized spacial score (nSPS) is 13.5. The van der Waals surface area contributed by atoms with Crippen LogP contribution in [0.4, 0.5) is 5.69 Å². The first kappa shape index (κ1) is 18.4. The van der Waals surface area contributed by atoms with Crippen molar-refractivity contribution in [1.29, 1.82) is 0 Å². The van der Waals surface area contributed by atoms with Gasteiger partial charge in [-0.25, -0.2) is 4.68 Å². The molecule has 0 unspecified atom stereocenters. The second kappa shape index (κ2) is 8.35. The number of aromatic nitrogens is 4. The number of Topliss-reactive ketones (excluding diaryl/α,β-unsaturated/α-hetero) is 1. The average molecular weight is 393 g/mol. The lowest BCUT2D eigenvalue weighted by Crippen LogP contribution is -2.10. The summed E-state index contributed by atoms with van der Waals surface area (Å²) >= 11 is 1.33. The van der Waals surface area contributed by atoms with Crippen LogP contribution in [-0.4, -0.2) is 37.7 Å². The van der Waals surface area contributed by atoms with Crippen molar-refractivity contribution < 1.29 is 9.59 Å². The van der Waals surface area contributed by atoms with Crippen molar-refractivity contribution in [2.75, 3.05) is 11.1 Å². The topological polar surface area (TPSA) is 89.8 Å². The van der Waals surface area contributed by atoms with Gasteiger partial charge >= 0.3 is 0 Å². The van der Waals surface area contributed by atoms with Gasteiger partial charge in [0.2, 0.25) is 11.1 Å². The standard InChI is InChI=1S/C20H19N5O2S/c26-18(16-9-10-17-15(11-16)7-4-8-19(27)21-17)13-28-20-22-23-24-25(20)12-14-5-2-1-3-6-14/h1-3,5-6,9-11H,4,7-8,12-13H2,(H,21,27). The van der Waals surface area contributed by atoms with E-state index >= 15 is 0 Å². The van der Waals surface area contributed by atoms with E-state index in [1.165, 1.54) is 11.8 Å². The molecule has 0 spiro atoms. The molecule has 8 heteroatoms. The molecule has 0 saturated heterocycles. The Hall–Kier alpha value is -3.00. The Morgan fingerprint density at radius 1 is 1.14 bits per heavy atom. The number of fused-ring (bicyclic) bond motifs is 1. The summed E-state index contributed by atoms with van der Waals surface area (Å²) < 4.78 is 1.69. The highest BCUT2D eigenvalue weighted by Crippen LogP contribution is 2.24. The maximum Gasteiger partial charge on any atom is 0.224 e. The van der Waals surface area contributed by atoms with Crippen molar-refractivity contribution in [3.05, 3.63) is 65.2 Å². The number of carbonyl (C=O) groups is 2. The summed E-state index contributed by atoms with van der Waals surface area (Å²) in [6.07, 6.45) is 2.09. The van der Waals surface area contributed by atoms with Crippen molar-refractivity contribution in [2.45, 2.75) is 31.0 Å². The van der Waals surface area contributed by atoms with E-state index in [2.05, 4.69) is 20.8 Å². The highest BCUT2D eigenvalue weighted by Gasteiger charge is 2.16. The summed E-state index contributed by atoms with van der Waals surface area (Å²) in [4.78, 5) is 24.3. The van der Waals surface area contributed by atoms with Gasteiger partial charge in [0, 0.05) is 17.7 Å². The van der Waals surface area contributed by atoms with Gasteiger partial charge in [-0.2, -0.15) is 0 Å². The summed E-state index contributed by atoms with van der Waals surface area (Å²) in [6, 6.07) is 15.4. The molecular formula is C20H19N5O2S. The first-order valence-corrected chi connectivity index (χ1v) is 10.1. The molecule has 4 rings (SSSR count). The van der Waals surface area contributed by atoms with E-state index in [4.69, 9.17) is 0 Å². The Morgan fingerprint density at radius 3 is 2.86 bits per heavy atom. The van der Waals surface area contributed by atoms with E-state index in [0.717, 1.165) is 29.7 Å². The van der Waals surface area contributed by atoms with Crippen LogP contribution in [0.1, 0.15) is 34.3 Å². The molecular weight excluding hydrogens is 374 g/mol. The van der Waals surface area contributed by atoms with Crippen LogP contribution in [0, 0.1) is 0 Å². The van der Waals surface area contributed by atoms with Gasteiger partial charge in [0.15, 0.2) is 5.78 Å². The van der Waals surface area contributed by atoms with Crippen LogP contribution in [0.3, 0.4) is 0 Å². The zero-order valence-corrected chi connectivity index (χ0v) is 16.0. The monoisotopic (exact) mass is 393 g/mol. The average Bonchev–Trinajstić information content (AvgIpc) is 3.05. The van der Waals surface area contributed by atoms with E-state index < -0.39 is 0 Å². The number of carbonyl (C=O) groups excluding carboxylic acids is 2. The van der Waals surface area contributed by atoms with Crippen LogP contribution in [0.2, 0.25) is 0 Å². The number of hydrogen-bond acceptors (Lipinski definition) is 6. The lowest BCUT2D eigenvalue weighted by molar-refractivity contribution is -0.116. The number of amides is 1. The van der Waals surface area contributed by atoms with Gasteiger partial charge in [0.25, 0.3) is 0 Å². The quantitative estimate of drug-likeness (QED) is 0.512. The zero-order valence-electron chi connectivity index (χ0n) is 15.2. The minimum atomic E-state index is 0.0117. The number of nitrogens with one attached hydrogen (secondary N) is 1. The van der Waals surface area contributed by atoms with Crippen LogP contribution >= 0.6 is 11.8 Å². The van der Waals surface area contributed by atoms with Crippen LogP contribution < -0.4 is 5.32 Å². The summed E-state index contributed by atoms with van der Waals surface area (Å²) in [5, 5.41) is 15.3. The van der Waals surface area contributed by atoms with Crippen molar-refractivity contribution in [1.82, 2.24) is 20.2 Å². The molecule has 2 heterocycles. The number of tetrazole rings is 1. The Morgan fingerprint density at radius 2 is 2.00 bits per heavy atom. The smallest absolute Gasteiger partial charge is 0.224 e. The predicted octanol–water partition coefficient (Wildman–Crippen LogP) is 2.97. The largest absolute Gasteiger partial charge is 0.326 e. The number of benzene rings is 2. The zero-order chi connectivity index (χ0) is 19.3. The highest BCUT2D eigenvalue weighted by molar-refractivity contribution is 7.99.